The first kappa shape index (κ1) is 16.0. The van der Waals surface area contributed by atoms with Gasteiger partial charge in [0.05, 0.1) is 18.6 Å². The van der Waals surface area contributed by atoms with Crippen LogP contribution in [-0.4, -0.2) is 42.3 Å². The maximum absolute atomic E-state index is 12.6. The molecular formula is C18H23NO4. The molecule has 23 heavy (non-hydrogen) atoms. The van der Waals surface area contributed by atoms with Crippen LogP contribution in [0.3, 0.4) is 0 Å². The number of ether oxygens (including phenoxy) is 2. The van der Waals surface area contributed by atoms with E-state index in [1.807, 2.05) is 30.3 Å². The van der Waals surface area contributed by atoms with Crippen LogP contribution in [0.15, 0.2) is 30.3 Å². The van der Waals surface area contributed by atoms with Crippen LogP contribution in [0, 0.1) is 5.92 Å². The number of nitrogens with zero attached hydrogens (tertiary/aromatic N) is 1. The van der Waals surface area contributed by atoms with Gasteiger partial charge in [-0.15, -0.1) is 0 Å². The molecule has 2 aliphatic heterocycles. The molecule has 0 bridgehead atoms. The SMILES string of the molecule is C[C@@H]1CCO[C@@H](CC(=O)N2C(=O)OC[C@@H]2Cc2ccccc2)C1. The first-order valence-corrected chi connectivity index (χ1v) is 8.28. The maximum atomic E-state index is 12.6. The fourth-order valence-electron chi connectivity index (χ4n) is 3.31. The second-order valence-corrected chi connectivity index (χ2v) is 6.51. The topological polar surface area (TPSA) is 55.8 Å². The second-order valence-electron chi connectivity index (χ2n) is 6.51. The summed E-state index contributed by atoms with van der Waals surface area (Å²) in [6, 6.07) is 9.63. The van der Waals surface area contributed by atoms with Crippen molar-refractivity contribution in [3.8, 4) is 0 Å². The number of benzene rings is 1. The van der Waals surface area contributed by atoms with Gasteiger partial charge in [0, 0.05) is 6.61 Å². The minimum Gasteiger partial charge on any atom is -0.447 e. The molecule has 0 N–H and O–H groups in total. The predicted molar refractivity (Wildman–Crippen MR) is 84.9 cm³/mol. The second kappa shape index (κ2) is 7.13. The number of amides is 2. The minimum absolute atomic E-state index is 0.0861. The molecule has 0 spiro atoms. The minimum atomic E-state index is -0.528. The lowest BCUT2D eigenvalue weighted by Gasteiger charge is -2.28. The Morgan fingerprint density at radius 3 is 2.83 bits per heavy atom. The summed E-state index contributed by atoms with van der Waals surface area (Å²) in [4.78, 5) is 25.8. The van der Waals surface area contributed by atoms with Gasteiger partial charge in [0.1, 0.15) is 6.61 Å². The lowest BCUT2D eigenvalue weighted by Crippen LogP contribution is -2.42. The third-order valence-corrected chi connectivity index (χ3v) is 4.58. The van der Waals surface area contributed by atoms with Crippen LogP contribution in [-0.2, 0) is 20.7 Å². The molecule has 1 aromatic carbocycles. The highest BCUT2D eigenvalue weighted by Crippen LogP contribution is 2.24. The van der Waals surface area contributed by atoms with Crippen molar-refractivity contribution in [2.45, 2.75) is 44.8 Å². The molecule has 1 aromatic rings. The lowest BCUT2D eigenvalue weighted by molar-refractivity contribution is -0.133. The summed E-state index contributed by atoms with van der Waals surface area (Å²) >= 11 is 0. The number of rotatable bonds is 4. The smallest absolute Gasteiger partial charge is 0.416 e. The average Bonchev–Trinajstić information content (AvgIpc) is 2.89. The molecule has 5 nitrogen and oxygen atoms in total. The van der Waals surface area contributed by atoms with E-state index >= 15 is 0 Å². The van der Waals surface area contributed by atoms with Crippen molar-refractivity contribution in [2.24, 2.45) is 5.92 Å². The maximum Gasteiger partial charge on any atom is 0.416 e. The average molecular weight is 317 g/mol. The Bertz CT molecular complexity index is 559. The molecular weight excluding hydrogens is 294 g/mol. The van der Waals surface area contributed by atoms with Gasteiger partial charge in [0.15, 0.2) is 0 Å². The molecule has 0 radical (unpaired) electrons. The molecule has 3 rings (SSSR count). The third kappa shape index (κ3) is 3.91. The summed E-state index contributed by atoms with van der Waals surface area (Å²) in [5.74, 6) is 0.375. The van der Waals surface area contributed by atoms with E-state index in [-0.39, 0.29) is 31.1 Å². The molecule has 0 saturated carbocycles. The number of hydrogen-bond donors (Lipinski definition) is 0. The van der Waals surface area contributed by atoms with Crippen molar-refractivity contribution in [1.29, 1.82) is 0 Å². The van der Waals surface area contributed by atoms with Crippen molar-refractivity contribution >= 4 is 12.0 Å². The zero-order valence-electron chi connectivity index (χ0n) is 13.4. The Morgan fingerprint density at radius 1 is 1.30 bits per heavy atom. The van der Waals surface area contributed by atoms with Crippen LogP contribution in [0.2, 0.25) is 0 Å². The van der Waals surface area contributed by atoms with Crippen molar-refractivity contribution in [3.63, 3.8) is 0 Å². The van der Waals surface area contributed by atoms with E-state index in [0.29, 0.717) is 18.9 Å². The van der Waals surface area contributed by atoms with Gasteiger partial charge in [-0.1, -0.05) is 37.3 Å². The van der Waals surface area contributed by atoms with Crippen LogP contribution < -0.4 is 0 Å². The monoisotopic (exact) mass is 317 g/mol. The Kier molecular flexibility index (Phi) is 4.96. The fraction of sp³-hybridized carbons (Fsp3) is 0.556. The predicted octanol–water partition coefficient (Wildman–Crippen LogP) is 2.78. The molecule has 2 saturated heterocycles. The van der Waals surface area contributed by atoms with Crippen LogP contribution in [0.4, 0.5) is 4.79 Å². The van der Waals surface area contributed by atoms with Crippen LogP contribution in [0.1, 0.15) is 31.7 Å². The molecule has 0 unspecified atom stereocenters. The van der Waals surface area contributed by atoms with Gasteiger partial charge in [0.25, 0.3) is 0 Å². The summed E-state index contributed by atoms with van der Waals surface area (Å²) in [6.07, 6.45) is 2.17. The van der Waals surface area contributed by atoms with E-state index in [1.54, 1.807) is 0 Å². The van der Waals surface area contributed by atoms with E-state index < -0.39 is 6.09 Å². The standard InChI is InChI=1S/C18H23NO4/c1-13-7-8-22-16(9-13)11-17(20)19-15(12-23-18(19)21)10-14-5-3-2-4-6-14/h2-6,13,15-16H,7-12H2,1H3/t13-,15+,16-/m1/s1. The lowest BCUT2D eigenvalue weighted by atomic mass is 9.95. The van der Waals surface area contributed by atoms with E-state index in [2.05, 4.69) is 6.92 Å². The highest BCUT2D eigenvalue weighted by molar-refractivity contribution is 5.93. The van der Waals surface area contributed by atoms with Gasteiger partial charge in [-0.2, -0.15) is 0 Å². The first-order valence-electron chi connectivity index (χ1n) is 8.28. The van der Waals surface area contributed by atoms with E-state index in [0.717, 1.165) is 18.4 Å². The summed E-state index contributed by atoms with van der Waals surface area (Å²) < 4.78 is 10.8. The van der Waals surface area contributed by atoms with Gasteiger partial charge in [-0.05, 0) is 30.7 Å². The summed E-state index contributed by atoms with van der Waals surface area (Å²) in [5, 5.41) is 0. The Hall–Kier alpha value is -1.88. The quantitative estimate of drug-likeness (QED) is 0.857. The van der Waals surface area contributed by atoms with E-state index in [1.165, 1.54) is 4.90 Å². The Labute approximate surface area is 136 Å². The van der Waals surface area contributed by atoms with Crippen molar-refractivity contribution in [2.75, 3.05) is 13.2 Å². The third-order valence-electron chi connectivity index (χ3n) is 4.58. The number of carbonyl (C=O) groups excluding carboxylic acids is 2. The molecule has 3 atom stereocenters. The summed E-state index contributed by atoms with van der Waals surface area (Å²) in [7, 11) is 0. The van der Waals surface area contributed by atoms with Crippen LogP contribution in [0.5, 0.6) is 0 Å². The summed E-state index contributed by atoms with van der Waals surface area (Å²) in [6.45, 7) is 3.13. The molecule has 2 heterocycles. The Balaban J connectivity index is 1.63. The number of hydrogen-bond acceptors (Lipinski definition) is 4. The van der Waals surface area contributed by atoms with Crippen molar-refractivity contribution in [3.05, 3.63) is 35.9 Å². The fourth-order valence-corrected chi connectivity index (χ4v) is 3.31. The van der Waals surface area contributed by atoms with Crippen LogP contribution >= 0.6 is 0 Å². The number of carbonyl (C=O) groups is 2. The van der Waals surface area contributed by atoms with Crippen LogP contribution in [0.25, 0.3) is 0 Å². The number of imide groups is 1. The molecule has 5 heteroatoms. The molecule has 0 aromatic heterocycles. The molecule has 2 fully saturated rings. The van der Waals surface area contributed by atoms with Gasteiger partial charge in [-0.25, -0.2) is 9.69 Å². The van der Waals surface area contributed by atoms with E-state index in [9.17, 15) is 9.59 Å². The molecule has 2 aliphatic rings. The Morgan fingerprint density at radius 2 is 2.09 bits per heavy atom. The summed E-state index contributed by atoms with van der Waals surface area (Å²) in [5.41, 5.74) is 1.09. The zero-order chi connectivity index (χ0) is 16.2. The van der Waals surface area contributed by atoms with Gasteiger partial charge in [0.2, 0.25) is 5.91 Å². The van der Waals surface area contributed by atoms with Crippen molar-refractivity contribution in [1.82, 2.24) is 4.90 Å². The molecule has 2 amide bonds. The largest absolute Gasteiger partial charge is 0.447 e. The first-order chi connectivity index (χ1) is 11.1. The number of cyclic esters (lactones) is 1. The van der Waals surface area contributed by atoms with Gasteiger partial charge >= 0.3 is 6.09 Å². The normalized spacial score (nSPS) is 27.8. The molecule has 0 aliphatic carbocycles. The zero-order valence-corrected chi connectivity index (χ0v) is 13.4. The van der Waals surface area contributed by atoms with Gasteiger partial charge in [-0.3, -0.25) is 4.79 Å². The van der Waals surface area contributed by atoms with Gasteiger partial charge < -0.3 is 9.47 Å². The molecule has 124 valence electrons. The van der Waals surface area contributed by atoms with Crippen molar-refractivity contribution < 1.29 is 19.1 Å². The highest BCUT2D eigenvalue weighted by Gasteiger charge is 2.39. The highest BCUT2D eigenvalue weighted by atomic mass is 16.6. The van der Waals surface area contributed by atoms with E-state index in [4.69, 9.17) is 9.47 Å².